The molecule has 1 amide bonds. The number of nitrogens with one attached hydrogen (secondary N) is 1. The standard InChI is InChI=1S/C13H19N3O3.ClH/c14-6-7-2-1-5-16(7)13(19)10-8-3-4-9(15-10)12(18)11(8)17;/h7-12,15,17-18H,1-5H2;1H/t7-,8-,9-,10+,11-,12+;/m0./s1. The number of rotatable bonds is 1. The van der Waals surface area contributed by atoms with Crippen molar-refractivity contribution in [3.8, 4) is 6.07 Å². The Morgan fingerprint density at radius 3 is 2.65 bits per heavy atom. The first kappa shape index (κ1) is 15.5. The molecule has 20 heavy (non-hydrogen) atoms. The molecule has 4 fully saturated rings. The molecule has 0 aromatic heterocycles. The first-order valence-electron chi connectivity index (χ1n) is 6.95. The number of nitrogens with zero attached hydrogens (tertiary/aromatic N) is 2. The number of hydrogen-bond acceptors (Lipinski definition) is 5. The number of carbonyl (C=O) groups is 1. The van der Waals surface area contributed by atoms with Gasteiger partial charge in [-0.1, -0.05) is 0 Å². The predicted molar refractivity (Wildman–Crippen MR) is 73.0 cm³/mol. The van der Waals surface area contributed by atoms with Crippen molar-refractivity contribution in [2.24, 2.45) is 5.92 Å². The van der Waals surface area contributed by atoms with Crippen LogP contribution in [-0.4, -0.2) is 57.9 Å². The number of fused-ring (bicyclic) bond motifs is 3. The van der Waals surface area contributed by atoms with E-state index in [1.54, 1.807) is 4.90 Å². The number of halogens is 1. The van der Waals surface area contributed by atoms with Crippen LogP contribution in [0.3, 0.4) is 0 Å². The van der Waals surface area contributed by atoms with Gasteiger partial charge in [0.25, 0.3) is 0 Å². The zero-order chi connectivity index (χ0) is 13.6. The molecule has 6 nitrogen and oxygen atoms in total. The SMILES string of the molecule is Cl.N#C[C@@H]1CCCN1C(=O)[C@@H]1N[C@H]2CC[C@@H]1[C@H](O)[C@@H]2O. The van der Waals surface area contributed by atoms with Gasteiger partial charge in [-0.25, -0.2) is 0 Å². The fourth-order valence-corrected chi connectivity index (χ4v) is 3.70. The van der Waals surface area contributed by atoms with Gasteiger partial charge in [-0.15, -0.1) is 12.4 Å². The molecule has 0 aromatic carbocycles. The van der Waals surface area contributed by atoms with Crippen LogP contribution in [-0.2, 0) is 4.79 Å². The van der Waals surface area contributed by atoms with Crippen molar-refractivity contribution >= 4 is 18.3 Å². The van der Waals surface area contributed by atoms with E-state index in [0.717, 1.165) is 25.7 Å². The van der Waals surface area contributed by atoms with Crippen molar-refractivity contribution in [3.63, 3.8) is 0 Å². The maximum Gasteiger partial charge on any atom is 0.241 e. The summed E-state index contributed by atoms with van der Waals surface area (Å²) in [5, 5.41) is 32.1. The molecular formula is C13H20ClN3O3. The van der Waals surface area contributed by atoms with Crippen LogP contribution < -0.4 is 5.32 Å². The predicted octanol–water partition coefficient (Wildman–Crippen LogP) is -0.605. The molecule has 3 aliphatic heterocycles. The molecule has 3 N–H and O–H groups in total. The molecule has 112 valence electrons. The fraction of sp³-hybridized carbons (Fsp3) is 0.846. The minimum Gasteiger partial charge on any atom is -0.390 e. The first-order valence-corrected chi connectivity index (χ1v) is 6.95. The third kappa shape index (κ3) is 2.29. The Labute approximate surface area is 124 Å². The smallest absolute Gasteiger partial charge is 0.241 e. The second kappa shape index (κ2) is 5.86. The number of carbonyl (C=O) groups excluding carboxylic acids is 1. The van der Waals surface area contributed by atoms with Crippen LogP contribution in [0, 0.1) is 17.2 Å². The summed E-state index contributed by atoms with van der Waals surface area (Å²) in [6.45, 7) is 0.616. The molecule has 4 rings (SSSR count). The van der Waals surface area contributed by atoms with Crippen LogP contribution in [0.15, 0.2) is 0 Å². The monoisotopic (exact) mass is 301 g/mol. The van der Waals surface area contributed by atoms with Crippen molar-refractivity contribution in [1.82, 2.24) is 10.2 Å². The van der Waals surface area contributed by atoms with E-state index < -0.39 is 18.2 Å². The largest absolute Gasteiger partial charge is 0.390 e. The summed E-state index contributed by atoms with van der Waals surface area (Å²) >= 11 is 0. The van der Waals surface area contributed by atoms with Gasteiger partial charge in [-0.05, 0) is 25.7 Å². The van der Waals surface area contributed by atoms with Gasteiger partial charge in [0.05, 0.1) is 24.3 Å². The van der Waals surface area contributed by atoms with Crippen molar-refractivity contribution in [2.75, 3.05) is 6.54 Å². The maximum atomic E-state index is 12.5. The summed E-state index contributed by atoms with van der Waals surface area (Å²) < 4.78 is 0. The van der Waals surface area contributed by atoms with E-state index in [2.05, 4.69) is 11.4 Å². The van der Waals surface area contributed by atoms with E-state index in [9.17, 15) is 15.0 Å². The van der Waals surface area contributed by atoms with Crippen LogP contribution in [0.5, 0.6) is 0 Å². The molecule has 0 aromatic rings. The Kier molecular flexibility index (Phi) is 4.55. The van der Waals surface area contributed by atoms with Crippen molar-refractivity contribution < 1.29 is 15.0 Å². The van der Waals surface area contributed by atoms with E-state index in [0.29, 0.717) is 6.54 Å². The lowest BCUT2D eigenvalue weighted by Gasteiger charge is -2.49. The normalized spacial score (nSPS) is 43.0. The summed E-state index contributed by atoms with van der Waals surface area (Å²) in [6, 6.07) is 1.16. The number of hydrogen-bond donors (Lipinski definition) is 3. The number of likely N-dealkylation sites (tertiary alicyclic amines) is 1. The van der Waals surface area contributed by atoms with Crippen LogP contribution in [0.1, 0.15) is 25.7 Å². The Balaban J connectivity index is 0.00000147. The lowest BCUT2D eigenvalue weighted by Crippen LogP contribution is -2.69. The van der Waals surface area contributed by atoms with E-state index in [1.165, 1.54) is 0 Å². The van der Waals surface area contributed by atoms with E-state index in [1.807, 2.05) is 0 Å². The Morgan fingerprint density at radius 2 is 2.00 bits per heavy atom. The molecule has 1 saturated carbocycles. The highest BCUT2D eigenvalue weighted by Crippen LogP contribution is 2.35. The zero-order valence-corrected chi connectivity index (χ0v) is 11.9. The second-order valence-electron chi connectivity index (χ2n) is 5.79. The Bertz CT molecular complexity index is 426. The number of piperidine rings is 2. The molecular weight excluding hydrogens is 282 g/mol. The number of amides is 1. The van der Waals surface area contributed by atoms with Crippen molar-refractivity contribution in [2.45, 2.75) is 56.0 Å². The summed E-state index contributed by atoms with van der Waals surface area (Å²) in [7, 11) is 0. The van der Waals surface area contributed by atoms with Crippen LogP contribution in [0.25, 0.3) is 0 Å². The maximum absolute atomic E-state index is 12.5. The lowest BCUT2D eigenvalue weighted by molar-refractivity contribution is -0.150. The van der Waals surface area contributed by atoms with Gasteiger partial charge >= 0.3 is 0 Å². The average Bonchev–Trinajstić information content (AvgIpc) is 2.91. The highest BCUT2D eigenvalue weighted by atomic mass is 35.5. The average molecular weight is 302 g/mol. The third-order valence-electron chi connectivity index (χ3n) is 4.78. The summed E-state index contributed by atoms with van der Waals surface area (Å²) in [4.78, 5) is 14.2. The topological polar surface area (TPSA) is 96.6 Å². The zero-order valence-electron chi connectivity index (χ0n) is 11.1. The van der Waals surface area contributed by atoms with Crippen LogP contribution >= 0.6 is 12.4 Å². The van der Waals surface area contributed by atoms with E-state index >= 15 is 0 Å². The molecule has 0 radical (unpaired) electrons. The summed E-state index contributed by atoms with van der Waals surface area (Å²) in [6.07, 6.45) is 1.50. The van der Waals surface area contributed by atoms with Gasteiger partial charge in [-0.2, -0.15) is 5.26 Å². The van der Waals surface area contributed by atoms with Gasteiger partial charge in [-0.3, -0.25) is 4.79 Å². The molecule has 0 unspecified atom stereocenters. The van der Waals surface area contributed by atoms with E-state index in [-0.39, 0.29) is 36.3 Å². The van der Waals surface area contributed by atoms with Gasteiger partial charge in [0.2, 0.25) is 5.91 Å². The quantitative estimate of drug-likeness (QED) is 0.601. The van der Waals surface area contributed by atoms with Gasteiger partial charge in [0.15, 0.2) is 0 Å². The van der Waals surface area contributed by atoms with Gasteiger partial charge in [0.1, 0.15) is 6.04 Å². The van der Waals surface area contributed by atoms with Crippen molar-refractivity contribution in [3.05, 3.63) is 0 Å². The van der Waals surface area contributed by atoms with Gasteiger partial charge < -0.3 is 20.4 Å². The second-order valence-corrected chi connectivity index (χ2v) is 5.79. The highest BCUT2D eigenvalue weighted by Gasteiger charge is 2.51. The number of aliphatic hydroxyl groups excluding tert-OH is 2. The first-order chi connectivity index (χ1) is 9.13. The van der Waals surface area contributed by atoms with Crippen LogP contribution in [0.4, 0.5) is 0 Å². The van der Waals surface area contributed by atoms with Crippen LogP contribution in [0.2, 0.25) is 0 Å². The Hall–Kier alpha value is -0.870. The molecule has 6 atom stereocenters. The molecule has 3 heterocycles. The number of nitriles is 1. The number of aliphatic hydroxyl groups is 2. The fourth-order valence-electron chi connectivity index (χ4n) is 3.70. The lowest BCUT2D eigenvalue weighted by atomic mass is 9.72. The van der Waals surface area contributed by atoms with Crippen molar-refractivity contribution in [1.29, 1.82) is 5.26 Å². The Morgan fingerprint density at radius 1 is 1.25 bits per heavy atom. The minimum atomic E-state index is -0.836. The summed E-state index contributed by atoms with van der Waals surface area (Å²) in [5.41, 5.74) is 0. The molecule has 3 saturated heterocycles. The molecule has 2 bridgehead atoms. The third-order valence-corrected chi connectivity index (χ3v) is 4.78. The molecule has 7 heteroatoms. The minimum absolute atomic E-state index is 0. The van der Waals surface area contributed by atoms with E-state index in [4.69, 9.17) is 5.26 Å². The molecule has 1 aliphatic carbocycles. The highest BCUT2D eigenvalue weighted by molar-refractivity contribution is 5.85. The van der Waals surface area contributed by atoms with Gasteiger partial charge in [0, 0.05) is 18.5 Å². The molecule has 4 aliphatic rings. The summed E-state index contributed by atoms with van der Waals surface area (Å²) in [5.74, 6) is -0.336. The molecule has 0 spiro atoms.